The molecule has 3 heteroatoms. The molecule has 2 aliphatic rings. The highest BCUT2D eigenvalue weighted by atomic mass is 16.3. The molecule has 3 nitrogen and oxygen atoms in total. The molecule has 98 valence electrons. The molecule has 2 aliphatic carbocycles. The van der Waals surface area contributed by atoms with Crippen LogP contribution in [0.1, 0.15) is 46.5 Å². The fraction of sp³-hybridized carbons (Fsp3) is 0.929. The van der Waals surface area contributed by atoms with Crippen molar-refractivity contribution in [3.05, 3.63) is 0 Å². The third kappa shape index (κ3) is 2.65. The maximum atomic E-state index is 12.1. The lowest BCUT2D eigenvalue weighted by atomic mass is 9.87. The molecule has 0 spiro atoms. The molecule has 1 amide bonds. The average Bonchev–Trinajstić information content (AvgIpc) is 2.87. The summed E-state index contributed by atoms with van der Waals surface area (Å²) in [4.78, 5) is 12.1. The predicted molar refractivity (Wildman–Crippen MR) is 67.4 cm³/mol. The molecule has 0 aromatic carbocycles. The van der Waals surface area contributed by atoms with Crippen molar-refractivity contribution >= 4 is 5.91 Å². The molecule has 17 heavy (non-hydrogen) atoms. The van der Waals surface area contributed by atoms with Gasteiger partial charge in [0.25, 0.3) is 0 Å². The van der Waals surface area contributed by atoms with E-state index in [2.05, 4.69) is 5.32 Å². The van der Waals surface area contributed by atoms with Gasteiger partial charge in [-0.15, -0.1) is 0 Å². The Bertz CT molecular complexity index is 299. The summed E-state index contributed by atoms with van der Waals surface area (Å²) in [5, 5.41) is 13.0. The molecule has 0 aromatic heterocycles. The molecule has 2 N–H and O–H groups in total. The molecule has 2 rings (SSSR count). The summed E-state index contributed by atoms with van der Waals surface area (Å²) in [6.07, 6.45) is 4.86. The number of amides is 1. The van der Waals surface area contributed by atoms with Crippen molar-refractivity contribution in [2.24, 2.45) is 23.7 Å². The van der Waals surface area contributed by atoms with Gasteiger partial charge in [-0.25, -0.2) is 0 Å². The van der Waals surface area contributed by atoms with E-state index in [0.717, 1.165) is 12.3 Å². The highest BCUT2D eigenvalue weighted by Gasteiger charge is 2.43. The van der Waals surface area contributed by atoms with Crippen LogP contribution in [0.4, 0.5) is 0 Å². The molecular formula is C14H25NO2. The summed E-state index contributed by atoms with van der Waals surface area (Å²) in [6, 6.07) is 0. The van der Waals surface area contributed by atoms with Crippen molar-refractivity contribution in [3.8, 4) is 0 Å². The standard InChI is InChI=1S/C14H25NO2/c1-9(2)14(3,17)8-15-13(16)12-7-10-4-5-11(12)6-10/h9-12,17H,4-8H2,1-3H3,(H,15,16). The van der Waals surface area contributed by atoms with Crippen LogP contribution in [-0.2, 0) is 4.79 Å². The number of hydrogen-bond acceptors (Lipinski definition) is 2. The van der Waals surface area contributed by atoms with E-state index in [1.807, 2.05) is 13.8 Å². The number of fused-ring (bicyclic) bond motifs is 2. The topological polar surface area (TPSA) is 49.3 Å². The van der Waals surface area contributed by atoms with Crippen LogP contribution in [0.5, 0.6) is 0 Å². The molecule has 0 heterocycles. The predicted octanol–water partition coefficient (Wildman–Crippen LogP) is 1.95. The van der Waals surface area contributed by atoms with E-state index in [4.69, 9.17) is 0 Å². The van der Waals surface area contributed by atoms with Crippen molar-refractivity contribution in [1.82, 2.24) is 5.32 Å². The van der Waals surface area contributed by atoms with Gasteiger partial charge in [0.05, 0.1) is 5.60 Å². The number of carbonyl (C=O) groups excluding carboxylic acids is 1. The van der Waals surface area contributed by atoms with Crippen LogP contribution in [-0.4, -0.2) is 23.2 Å². The number of rotatable bonds is 4. The van der Waals surface area contributed by atoms with Gasteiger partial charge in [-0.05, 0) is 43.9 Å². The van der Waals surface area contributed by atoms with E-state index < -0.39 is 5.60 Å². The first-order chi connectivity index (χ1) is 7.90. The Morgan fingerprint density at radius 3 is 2.59 bits per heavy atom. The number of carbonyl (C=O) groups is 1. The highest BCUT2D eigenvalue weighted by Crippen LogP contribution is 2.48. The largest absolute Gasteiger partial charge is 0.388 e. The Hall–Kier alpha value is -0.570. The summed E-state index contributed by atoms with van der Waals surface area (Å²) in [5.41, 5.74) is -0.798. The molecule has 4 unspecified atom stereocenters. The first-order valence-corrected chi connectivity index (χ1v) is 6.90. The van der Waals surface area contributed by atoms with Gasteiger partial charge in [-0.1, -0.05) is 20.3 Å². The fourth-order valence-electron chi connectivity index (χ4n) is 3.17. The minimum absolute atomic E-state index is 0.155. The van der Waals surface area contributed by atoms with E-state index in [9.17, 15) is 9.90 Å². The molecule has 4 atom stereocenters. The second-order valence-corrected chi connectivity index (χ2v) is 6.51. The van der Waals surface area contributed by atoms with Gasteiger partial charge < -0.3 is 10.4 Å². The zero-order valence-corrected chi connectivity index (χ0v) is 11.2. The second kappa shape index (κ2) is 4.60. The van der Waals surface area contributed by atoms with Crippen molar-refractivity contribution in [3.63, 3.8) is 0 Å². The van der Waals surface area contributed by atoms with Crippen LogP contribution >= 0.6 is 0 Å². The van der Waals surface area contributed by atoms with Crippen LogP contribution in [0.25, 0.3) is 0 Å². The lowest BCUT2D eigenvalue weighted by molar-refractivity contribution is -0.128. The van der Waals surface area contributed by atoms with Gasteiger partial charge in [-0.2, -0.15) is 0 Å². The van der Waals surface area contributed by atoms with Gasteiger partial charge in [0.2, 0.25) is 5.91 Å². The van der Waals surface area contributed by atoms with E-state index >= 15 is 0 Å². The Labute approximate surface area is 104 Å². The third-order valence-electron chi connectivity index (χ3n) is 4.94. The molecule has 2 fully saturated rings. The van der Waals surface area contributed by atoms with E-state index in [0.29, 0.717) is 12.5 Å². The van der Waals surface area contributed by atoms with Crippen molar-refractivity contribution < 1.29 is 9.90 Å². The number of aliphatic hydroxyl groups is 1. The lowest BCUT2D eigenvalue weighted by Gasteiger charge is -2.29. The van der Waals surface area contributed by atoms with Crippen LogP contribution in [0.15, 0.2) is 0 Å². The Balaban J connectivity index is 1.82. The van der Waals surface area contributed by atoms with Crippen LogP contribution in [0.2, 0.25) is 0 Å². The summed E-state index contributed by atoms with van der Waals surface area (Å²) in [5.74, 6) is 1.95. The third-order valence-corrected chi connectivity index (χ3v) is 4.94. The minimum atomic E-state index is -0.798. The van der Waals surface area contributed by atoms with Gasteiger partial charge in [-0.3, -0.25) is 4.79 Å². The first kappa shape index (κ1) is 12.9. The molecule has 0 aromatic rings. The molecule has 2 bridgehead atoms. The molecular weight excluding hydrogens is 214 g/mol. The average molecular weight is 239 g/mol. The highest BCUT2D eigenvalue weighted by molar-refractivity contribution is 5.79. The lowest BCUT2D eigenvalue weighted by Crippen LogP contribution is -2.46. The van der Waals surface area contributed by atoms with E-state index in [1.165, 1.54) is 19.3 Å². The van der Waals surface area contributed by atoms with Crippen LogP contribution < -0.4 is 5.32 Å². The zero-order valence-electron chi connectivity index (χ0n) is 11.2. The van der Waals surface area contributed by atoms with Crippen LogP contribution in [0.3, 0.4) is 0 Å². The van der Waals surface area contributed by atoms with Crippen molar-refractivity contribution in [2.75, 3.05) is 6.54 Å². The maximum absolute atomic E-state index is 12.1. The summed E-state index contributed by atoms with van der Waals surface area (Å²) >= 11 is 0. The van der Waals surface area contributed by atoms with Crippen molar-refractivity contribution in [1.29, 1.82) is 0 Å². The SMILES string of the molecule is CC(C)C(C)(O)CNC(=O)C1CC2CCC1C2. The summed E-state index contributed by atoms with van der Waals surface area (Å²) in [7, 11) is 0. The van der Waals surface area contributed by atoms with Gasteiger partial charge in [0, 0.05) is 12.5 Å². The van der Waals surface area contributed by atoms with E-state index in [-0.39, 0.29) is 17.7 Å². The molecule has 2 saturated carbocycles. The number of nitrogens with one attached hydrogen (secondary N) is 1. The van der Waals surface area contributed by atoms with Crippen LogP contribution in [0, 0.1) is 23.7 Å². The maximum Gasteiger partial charge on any atom is 0.223 e. The minimum Gasteiger partial charge on any atom is -0.388 e. The molecule has 0 saturated heterocycles. The summed E-state index contributed by atoms with van der Waals surface area (Å²) < 4.78 is 0. The van der Waals surface area contributed by atoms with Gasteiger partial charge in [0.1, 0.15) is 0 Å². The molecule has 0 radical (unpaired) electrons. The zero-order chi connectivity index (χ0) is 12.6. The quantitative estimate of drug-likeness (QED) is 0.787. The normalized spacial score (nSPS) is 35.0. The Morgan fingerprint density at radius 1 is 1.41 bits per heavy atom. The molecule has 0 aliphatic heterocycles. The van der Waals surface area contributed by atoms with Gasteiger partial charge >= 0.3 is 0 Å². The van der Waals surface area contributed by atoms with E-state index in [1.54, 1.807) is 6.92 Å². The fourth-order valence-corrected chi connectivity index (χ4v) is 3.17. The Kier molecular flexibility index (Phi) is 3.48. The van der Waals surface area contributed by atoms with Gasteiger partial charge in [0.15, 0.2) is 0 Å². The Morgan fingerprint density at radius 2 is 2.12 bits per heavy atom. The monoisotopic (exact) mass is 239 g/mol. The summed E-state index contributed by atoms with van der Waals surface area (Å²) in [6.45, 7) is 6.11. The smallest absolute Gasteiger partial charge is 0.223 e. The number of hydrogen-bond donors (Lipinski definition) is 2. The second-order valence-electron chi connectivity index (χ2n) is 6.51. The van der Waals surface area contributed by atoms with Crippen molar-refractivity contribution in [2.45, 2.75) is 52.1 Å². The first-order valence-electron chi connectivity index (χ1n) is 6.90.